The number of hydrogen-bond acceptors (Lipinski definition) is 6. The molecule has 0 bridgehead atoms. The SMILES string of the molecule is Cc1noc(C)c1COc1ccc(C(=O)N2CC(=O)N(Cc3ccccc3)CC(O)C2)cc1. The molecule has 1 aliphatic rings. The minimum atomic E-state index is -0.818. The van der Waals surface area contributed by atoms with Crippen molar-refractivity contribution >= 4 is 11.8 Å². The molecule has 1 saturated heterocycles. The Bertz CT molecular complexity index is 1090. The maximum atomic E-state index is 13.0. The lowest BCUT2D eigenvalue weighted by atomic mass is 10.1. The Morgan fingerprint density at radius 3 is 2.52 bits per heavy atom. The molecule has 2 heterocycles. The van der Waals surface area contributed by atoms with Crippen LogP contribution in [0.3, 0.4) is 0 Å². The lowest BCUT2D eigenvalue weighted by molar-refractivity contribution is -0.131. The molecule has 4 rings (SSSR count). The van der Waals surface area contributed by atoms with Crippen molar-refractivity contribution < 1.29 is 24.0 Å². The number of aliphatic hydroxyl groups excluding tert-OH is 1. The zero-order valence-corrected chi connectivity index (χ0v) is 18.7. The molecular formula is C25H27N3O5. The van der Waals surface area contributed by atoms with Crippen molar-refractivity contribution in [1.29, 1.82) is 0 Å². The Hall–Kier alpha value is -3.65. The van der Waals surface area contributed by atoms with Crippen molar-refractivity contribution in [3.63, 3.8) is 0 Å². The quantitative estimate of drug-likeness (QED) is 0.622. The molecule has 2 amide bonds. The van der Waals surface area contributed by atoms with E-state index >= 15 is 0 Å². The van der Waals surface area contributed by atoms with E-state index < -0.39 is 6.10 Å². The van der Waals surface area contributed by atoms with E-state index in [9.17, 15) is 14.7 Å². The molecule has 8 nitrogen and oxygen atoms in total. The van der Waals surface area contributed by atoms with Crippen molar-refractivity contribution in [1.82, 2.24) is 15.0 Å². The summed E-state index contributed by atoms with van der Waals surface area (Å²) in [4.78, 5) is 28.8. The van der Waals surface area contributed by atoms with Gasteiger partial charge in [-0.15, -0.1) is 0 Å². The molecule has 8 heteroatoms. The van der Waals surface area contributed by atoms with Gasteiger partial charge in [-0.2, -0.15) is 0 Å². The average molecular weight is 450 g/mol. The van der Waals surface area contributed by atoms with Gasteiger partial charge in [-0.25, -0.2) is 0 Å². The Kier molecular flexibility index (Phi) is 6.74. The van der Waals surface area contributed by atoms with E-state index in [1.54, 1.807) is 29.2 Å². The van der Waals surface area contributed by atoms with Gasteiger partial charge in [-0.1, -0.05) is 35.5 Å². The van der Waals surface area contributed by atoms with Crippen LogP contribution in [-0.4, -0.2) is 57.6 Å². The molecule has 0 spiro atoms. The molecule has 3 aromatic rings. The fourth-order valence-electron chi connectivity index (χ4n) is 3.85. The number of aliphatic hydroxyl groups is 1. The van der Waals surface area contributed by atoms with E-state index in [0.717, 1.165) is 16.8 Å². The van der Waals surface area contributed by atoms with Crippen LogP contribution in [-0.2, 0) is 17.9 Å². The number of β-amino-alcohol motifs (C(OH)–C–C–N with tert-alkyl or cyclic N) is 1. The van der Waals surface area contributed by atoms with Gasteiger partial charge in [0, 0.05) is 25.2 Å². The second kappa shape index (κ2) is 9.87. The van der Waals surface area contributed by atoms with E-state index in [1.807, 2.05) is 44.2 Å². The molecule has 1 N–H and O–H groups in total. The van der Waals surface area contributed by atoms with E-state index in [2.05, 4.69) is 5.16 Å². The highest BCUT2D eigenvalue weighted by atomic mass is 16.5. The fraction of sp³-hybridized carbons (Fsp3) is 0.320. The molecule has 1 fully saturated rings. The molecule has 33 heavy (non-hydrogen) atoms. The molecular weight excluding hydrogens is 422 g/mol. The third-order valence-corrected chi connectivity index (χ3v) is 5.71. The molecule has 0 radical (unpaired) electrons. The summed E-state index contributed by atoms with van der Waals surface area (Å²) in [7, 11) is 0. The number of aryl methyl sites for hydroxylation is 2. The number of aromatic nitrogens is 1. The van der Waals surface area contributed by atoms with Crippen LogP contribution < -0.4 is 4.74 Å². The number of benzene rings is 2. The zero-order chi connectivity index (χ0) is 23.4. The molecule has 1 unspecified atom stereocenters. The molecule has 2 aromatic carbocycles. The zero-order valence-electron chi connectivity index (χ0n) is 18.7. The van der Waals surface area contributed by atoms with Crippen LogP contribution in [0.15, 0.2) is 59.1 Å². The first-order valence-electron chi connectivity index (χ1n) is 10.8. The van der Waals surface area contributed by atoms with E-state index in [-0.39, 0.29) is 31.4 Å². The summed E-state index contributed by atoms with van der Waals surface area (Å²) < 4.78 is 10.9. The monoisotopic (exact) mass is 449 g/mol. The topological polar surface area (TPSA) is 96.1 Å². The second-order valence-electron chi connectivity index (χ2n) is 8.22. The van der Waals surface area contributed by atoms with Crippen molar-refractivity contribution in [2.24, 2.45) is 0 Å². The summed E-state index contributed by atoms with van der Waals surface area (Å²) >= 11 is 0. The smallest absolute Gasteiger partial charge is 0.254 e. The second-order valence-corrected chi connectivity index (χ2v) is 8.22. The highest BCUT2D eigenvalue weighted by Crippen LogP contribution is 2.19. The summed E-state index contributed by atoms with van der Waals surface area (Å²) in [5.74, 6) is 0.821. The molecule has 172 valence electrons. The average Bonchev–Trinajstić information content (AvgIpc) is 3.06. The van der Waals surface area contributed by atoms with Gasteiger partial charge in [0.1, 0.15) is 24.7 Å². The highest BCUT2D eigenvalue weighted by Gasteiger charge is 2.30. The maximum Gasteiger partial charge on any atom is 0.254 e. The van der Waals surface area contributed by atoms with Gasteiger partial charge in [0.25, 0.3) is 5.91 Å². The fourth-order valence-corrected chi connectivity index (χ4v) is 3.85. The lowest BCUT2D eigenvalue weighted by Crippen LogP contribution is -2.39. The van der Waals surface area contributed by atoms with Crippen LogP contribution in [0, 0.1) is 13.8 Å². The van der Waals surface area contributed by atoms with Crippen molar-refractivity contribution in [2.45, 2.75) is 33.1 Å². The van der Waals surface area contributed by atoms with Crippen LogP contribution in [0.25, 0.3) is 0 Å². The predicted molar refractivity (Wildman–Crippen MR) is 121 cm³/mol. The largest absolute Gasteiger partial charge is 0.489 e. The van der Waals surface area contributed by atoms with Crippen LogP contribution >= 0.6 is 0 Å². The van der Waals surface area contributed by atoms with Crippen molar-refractivity contribution in [3.05, 3.63) is 82.7 Å². The number of rotatable bonds is 6. The highest BCUT2D eigenvalue weighted by molar-refractivity contribution is 5.96. The Balaban J connectivity index is 1.39. The summed E-state index contributed by atoms with van der Waals surface area (Å²) in [5, 5.41) is 14.4. The van der Waals surface area contributed by atoms with E-state index in [1.165, 1.54) is 4.90 Å². The van der Waals surface area contributed by atoms with Gasteiger partial charge in [-0.05, 0) is 43.7 Å². The van der Waals surface area contributed by atoms with Crippen LogP contribution in [0.2, 0.25) is 0 Å². The van der Waals surface area contributed by atoms with Gasteiger partial charge in [0.05, 0.1) is 17.4 Å². The summed E-state index contributed by atoms with van der Waals surface area (Å²) in [6, 6.07) is 16.3. The molecule has 0 aliphatic carbocycles. The van der Waals surface area contributed by atoms with Crippen molar-refractivity contribution in [3.8, 4) is 5.75 Å². The van der Waals surface area contributed by atoms with Crippen LogP contribution in [0.1, 0.15) is 32.9 Å². The Morgan fingerprint density at radius 1 is 1.12 bits per heavy atom. The molecule has 1 aromatic heterocycles. The summed E-state index contributed by atoms with van der Waals surface area (Å²) in [5.41, 5.74) is 3.08. The van der Waals surface area contributed by atoms with Gasteiger partial charge >= 0.3 is 0 Å². The first-order valence-corrected chi connectivity index (χ1v) is 10.8. The van der Waals surface area contributed by atoms with Crippen LogP contribution in [0.4, 0.5) is 0 Å². The molecule has 1 aliphatic heterocycles. The van der Waals surface area contributed by atoms with Gasteiger partial charge in [-0.3, -0.25) is 9.59 Å². The number of ether oxygens (including phenoxy) is 1. The molecule has 0 saturated carbocycles. The number of amides is 2. The molecule has 1 atom stereocenters. The van der Waals surface area contributed by atoms with Gasteiger partial charge in [0.2, 0.25) is 5.91 Å². The Morgan fingerprint density at radius 2 is 1.85 bits per heavy atom. The first-order chi connectivity index (χ1) is 15.9. The van der Waals surface area contributed by atoms with Crippen LogP contribution in [0.5, 0.6) is 5.75 Å². The third kappa shape index (κ3) is 5.40. The van der Waals surface area contributed by atoms with E-state index in [0.29, 0.717) is 30.2 Å². The minimum absolute atomic E-state index is 0.0764. The third-order valence-electron chi connectivity index (χ3n) is 5.71. The maximum absolute atomic E-state index is 13.0. The predicted octanol–water partition coefficient (Wildman–Crippen LogP) is 2.72. The summed E-state index contributed by atoms with van der Waals surface area (Å²) in [6.45, 7) is 4.61. The first kappa shape index (κ1) is 22.5. The number of carbonyl (C=O) groups excluding carboxylic acids is 2. The normalized spacial score (nSPS) is 16.6. The minimum Gasteiger partial charge on any atom is -0.489 e. The van der Waals surface area contributed by atoms with E-state index in [4.69, 9.17) is 9.26 Å². The van der Waals surface area contributed by atoms with Crippen molar-refractivity contribution in [2.75, 3.05) is 19.6 Å². The van der Waals surface area contributed by atoms with Gasteiger partial charge in [0.15, 0.2) is 0 Å². The number of carbonyl (C=O) groups is 2. The number of nitrogens with zero attached hydrogens (tertiary/aromatic N) is 3. The Labute approximate surface area is 192 Å². The standard InChI is InChI=1S/C25H27N3O5/c1-17-23(18(2)33-26-17)16-32-22-10-8-20(9-11-22)25(31)28-14-21(29)13-27(24(30)15-28)12-19-6-4-3-5-7-19/h3-11,21,29H,12-16H2,1-2H3. The summed E-state index contributed by atoms with van der Waals surface area (Å²) in [6.07, 6.45) is -0.818. The number of hydrogen-bond donors (Lipinski definition) is 1. The van der Waals surface area contributed by atoms with Gasteiger partial charge < -0.3 is 24.2 Å². The lowest BCUT2D eigenvalue weighted by Gasteiger charge is -2.22.